The second-order valence-corrected chi connectivity index (χ2v) is 10.0. The number of nitrogens with zero attached hydrogens (tertiary/aromatic N) is 2. The van der Waals surface area contributed by atoms with E-state index in [1.54, 1.807) is 16.2 Å². The lowest BCUT2D eigenvalue weighted by Crippen LogP contribution is -2.46. The first-order valence-electron chi connectivity index (χ1n) is 11.9. The minimum atomic E-state index is -0.122. The highest BCUT2D eigenvalue weighted by molar-refractivity contribution is 7.10. The third kappa shape index (κ3) is 5.85. The normalized spacial score (nSPS) is 12.9. The number of hydrogen-bond donors (Lipinski definition) is 0. The SMILES string of the molecule is CC[C@@H](C)N(CC(=O)N(Cc1ccc2c(c1)OCO2)Cc1sccc1C)C(=O)c1ccc(C)cc1. The van der Waals surface area contributed by atoms with Crippen LogP contribution in [0, 0.1) is 13.8 Å². The van der Waals surface area contributed by atoms with Crippen LogP contribution in [0.5, 0.6) is 11.5 Å². The quantitative estimate of drug-likeness (QED) is 0.392. The first kappa shape index (κ1) is 24.8. The number of thiophene rings is 1. The molecule has 0 spiro atoms. The second-order valence-electron chi connectivity index (χ2n) is 9.02. The van der Waals surface area contributed by atoms with Gasteiger partial charge in [-0.2, -0.15) is 0 Å². The van der Waals surface area contributed by atoms with Crippen molar-refractivity contribution < 1.29 is 19.1 Å². The Morgan fingerprint density at radius 2 is 1.74 bits per heavy atom. The molecule has 0 fully saturated rings. The number of ether oxygens (including phenoxy) is 2. The summed E-state index contributed by atoms with van der Waals surface area (Å²) in [4.78, 5) is 31.8. The molecular formula is C28H32N2O4S. The Hall–Kier alpha value is -3.32. The molecule has 3 aromatic rings. The van der Waals surface area contributed by atoms with Crippen LogP contribution in [0.1, 0.15) is 52.2 Å². The van der Waals surface area contributed by atoms with E-state index in [4.69, 9.17) is 9.47 Å². The Bertz CT molecular complexity index is 1190. The van der Waals surface area contributed by atoms with E-state index in [9.17, 15) is 9.59 Å². The molecule has 2 amide bonds. The molecule has 1 aliphatic rings. The number of carbonyl (C=O) groups is 2. The zero-order chi connectivity index (χ0) is 24.9. The third-order valence-corrected chi connectivity index (χ3v) is 7.46. The van der Waals surface area contributed by atoms with Gasteiger partial charge in [-0.1, -0.05) is 30.7 Å². The number of carbonyl (C=O) groups excluding carboxylic acids is 2. The summed E-state index contributed by atoms with van der Waals surface area (Å²) in [7, 11) is 0. The number of fused-ring (bicyclic) bond motifs is 1. The predicted octanol–water partition coefficient (Wildman–Crippen LogP) is 5.56. The third-order valence-electron chi connectivity index (χ3n) is 6.45. The van der Waals surface area contributed by atoms with Crippen molar-refractivity contribution in [2.45, 2.75) is 53.2 Å². The van der Waals surface area contributed by atoms with Crippen molar-refractivity contribution in [3.8, 4) is 11.5 Å². The van der Waals surface area contributed by atoms with E-state index in [-0.39, 0.29) is 31.2 Å². The number of amides is 2. The molecule has 7 heteroatoms. The van der Waals surface area contributed by atoms with Gasteiger partial charge >= 0.3 is 0 Å². The zero-order valence-electron chi connectivity index (χ0n) is 20.7. The van der Waals surface area contributed by atoms with Crippen molar-refractivity contribution in [2.75, 3.05) is 13.3 Å². The lowest BCUT2D eigenvalue weighted by atomic mass is 10.1. The van der Waals surface area contributed by atoms with Gasteiger partial charge in [-0.15, -0.1) is 11.3 Å². The Morgan fingerprint density at radius 1 is 1.00 bits per heavy atom. The van der Waals surface area contributed by atoms with Crippen LogP contribution in [0.3, 0.4) is 0 Å². The monoisotopic (exact) mass is 492 g/mol. The largest absolute Gasteiger partial charge is 0.454 e. The van der Waals surface area contributed by atoms with Crippen molar-refractivity contribution in [3.63, 3.8) is 0 Å². The highest BCUT2D eigenvalue weighted by Gasteiger charge is 2.27. The molecule has 0 aliphatic carbocycles. The van der Waals surface area contributed by atoms with Crippen molar-refractivity contribution >= 4 is 23.2 Å². The van der Waals surface area contributed by atoms with E-state index in [1.807, 2.05) is 73.5 Å². The fourth-order valence-corrected chi connectivity index (χ4v) is 4.91. The Kier molecular flexibility index (Phi) is 7.76. The second kappa shape index (κ2) is 11.0. The minimum absolute atomic E-state index is 0.0245. The molecule has 6 nitrogen and oxygen atoms in total. The first-order valence-corrected chi connectivity index (χ1v) is 12.8. The Labute approximate surface area is 211 Å². The molecule has 35 heavy (non-hydrogen) atoms. The van der Waals surface area contributed by atoms with Gasteiger partial charge in [-0.3, -0.25) is 9.59 Å². The van der Waals surface area contributed by atoms with Gasteiger partial charge in [0.05, 0.1) is 6.54 Å². The van der Waals surface area contributed by atoms with Crippen LogP contribution in [0.15, 0.2) is 53.9 Å². The number of benzene rings is 2. The summed E-state index contributed by atoms with van der Waals surface area (Å²) in [6, 6.07) is 15.3. The van der Waals surface area contributed by atoms with Gasteiger partial charge in [-0.05, 0) is 74.0 Å². The maximum absolute atomic E-state index is 13.7. The summed E-state index contributed by atoms with van der Waals surface area (Å²) in [6.45, 7) is 9.21. The summed E-state index contributed by atoms with van der Waals surface area (Å²) < 4.78 is 11.0. The van der Waals surface area contributed by atoms with Gasteiger partial charge in [0.2, 0.25) is 12.7 Å². The molecule has 4 rings (SSSR count). The standard InChI is InChI=1S/C28H32N2O4S/c1-5-21(4)30(28(32)23-9-6-19(2)7-10-23)17-27(31)29(16-26-20(3)12-13-35-26)15-22-8-11-24-25(14-22)34-18-33-24/h6-14,21H,5,15-18H2,1-4H3/t21-/m1/s1. The fourth-order valence-electron chi connectivity index (χ4n) is 3.99. The summed E-state index contributed by atoms with van der Waals surface area (Å²) in [5.41, 5.74) is 3.80. The van der Waals surface area contributed by atoms with Gasteiger partial charge in [0.25, 0.3) is 5.91 Å². The predicted molar refractivity (Wildman–Crippen MR) is 138 cm³/mol. The molecule has 0 saturated carbocycles. The number of rotatable bonds is 9. The molecule has 184 valence electrons. The van der Waals surface area contributed by atoms with E-state index in [2.05, 4.69) is 13.0 Å². The molecule has 0 saturated heterocycles. The fraction of sp³-hybridized carbons (Fsp3) is 0.357. The topological polar surface area (TPSA) is 59.1 Å². The van der Waals surface area contributed by atoms with Gasteiger partial charge in [0.15, 0.2) is 11.5 Å². The molecule has 0 unspecified atom stereocenters. The van der Waals surface area contributed by atoms with Crippen LogP contribution >= 0.6 is 11.3 Å². The molecular weight excluding hydrogens is 460 g/mol. The van der Waals surface area contributed by atoms with Gasteiger partial charge < -0.3 is 19.3 Å². The van der Waals surface area contributed by atoms with Crippen LogP contribution in [-0.4, -0.2) is 41.0 Å². The molecule has 0 N–H and O–H groups in total. The lowest BCUT2D eigenvalue weighted by Gasteiger charge is -2.31. The van der Waals surface area contributed by atoms with E-state index in [0.29, 0.717) is 30.2 Å². The maximum Gasteiger partial charge on any atom is 0.254 e. The van der Waals surface area contributed by atoms with Crippen molar-refractivity contribution in [1.82, 2.24) is 9.80 Å². The van der Waals surface area contributed by atoms with Crippen molar-refractivity contribution in [2.24, 2.45) is 0 Å². The summed E-state index contributed by atoms with van der Waals surface area (Å²) >= 11 is 1.64. The number of hydrogen-bond acceptors (Lipinski definition) is 5. The smallest absolute Gasteiger partial charge is 0.254 e. The van der Waals surface area contributed by atoms with E-state index in [1.165, 1.54) is 0 Å². The van der Waals surface area contributed by atoms with Gasteiger partial charge in [0.1, 0.15) is 6.54 Å². The summed E-state index contributed by atoms with van der Waals surface area (Å²) in [6.07, 6.45) is 0.761. The molecule has 0 bridgehead atoms. The van der Waals surface area contributed by atoms with Crippen molar-refractivity contribution in [1.29, 1.82) is 0 Å². The van der Waals surface area contributed by atoms with Gasteiger partial charge in [0, 0.05) is 23.0 Å². The van der Waals surface area contributed by atoms with E-state index in [0.717, 1.165) is 28.0 Å². The summed E-state index contributed by atoms with van der Waals surface area (Å²) in [5, 5.41) is 2.04. The van der Waals surface area contributed by atoms with Crippen LogP contribution in [0.25, 0.3) is 0 Å². The van der Waals surface area contributed by atoms with Crippen LogP contribution in [-0.2, 0) is 17.9 Å². The first-order chi connectivity index (χ1) is 16.9. The highest BCUT2D eigenvalue weighted by atomic mass is 32.1. The average molecular weight is 493 g/mol. The Balaban J connectivity index is 1.58. The summed E-state index contributed by atoms with van der Waals surface area (Å²) in [5.74, 6) is 1.20. The molecule has 2 aromatic carbocycles. The maximum atomic E-state index is 13.7. The average Bonchev–Trinajstić information content (AvgIpc) is 3.49. The molecule has 0 radical (unpaired) electrons. The van der Waals surface area contributed by atoms with Crippen LogP contribution in [0.2, 0.25) is 0 Å². The van der Waals surface area contributed by atoms with Crippen LogP contribution in [0.4, 0.5) is 0 Å². The van der Waals surface area contributed by atoms with Gasteiger partial charge in [-0.25, -0.2) is 0 Å². The molecule has 1 atom stereocenters. The molecule has 1 aliphatic heterocycles. The Morgan fingerprint density at radius 3 is 2.43 bits per heavy atom. The number of aryl methyl sites for hydroxylation is 2. The lowest BCUT2D eigenvalue weighted by molar-refractivity contribution is -0.133. The zero-order valence-corrected chi connectivity index (χ0v) is 21.6. The minimum Gasteiger partial charge on any atom is -0.454 e. The van der Waals surface area contributed by atoms with E-state index >= 15 is 0 Å². The molecule has 1 aromatic heterocycles. The molecule has 2 heterocycles. The van der Waals surface area contributed by atoms with E-state index < -0.39 is 0 Å². The van der Waals surface area contributed by atoms with Crippen molar-refractivity contribution in [3.05, 3.63) is 81.0 Å². The van der Waals surface area contributed by atoms with Crippen LogP contribution < -0.4 is 9.47 Å². The highest BCUT2D eigenvalue weighted by Crippen LogP contribution is 2.33.